The molecule has 0 saturated carbocycles. The highest BCUT2D eigenvalue weighted by molar-refractivity contribution is 5.92. The Hall–Kier alpha value is -5.50. The lowest BCUT2D eigenvalue weighted by molar-refractivity contribution is -0.130. The summed E-state index contributed by atoms with van der Waals surface area (Å²) in [6.07, 6.45) is 4.07. The number of para-hydroxylation sites is 1. The Balaban J connectivity index is 1.24. The van der Waals surface area contributed by atoms with Crippen LogP contribution in [-0.4, -0.2) is 28.7 Å². The molecule has 1 heterocycles. The molecule has 4 aromatic carbocycles. The molecular formula is C36H34N4O4. The van der Waals surface area contributed by atoms with E-state index in [1.807, 2.05) is 97.9 Å². The molecular weight excluding hydrogens is 552 g/mol. The third-order valence-corrected chi connectivity index (χ3v) is 7.41. The van der Waals surface area contributed by atoms with Gasteiger partial charge in [0.05, 0.1) is 10.9 Å². The zero-order valence-electron chi connectivity index (χ0n) is 24.7. The first-order valence-corrected chi connectivity index (χ1v) is 14.4. The Labute approximate surface area is 256 Å². The van der Waals surface area contributed by atoms with Crippen molar-refractivity contribution in [3.63, 3.8) is 0 Å². The molecule has 0 aliphatic rings. The van der Waals surface area contributed by atoms with Gasteiger partial charge in [0, 0.05) is 38.3 Å². The predicted molar refractivity (Wildman–Crippen MR) is 173 cm³/mol. The molecule has 222 valence electrons. The maximum Gasteiger partial charge on any atom is 0.348 e. The second-order valence-corrected chi connectivity index (χ2v) is 10.5. The quantitative estimate of drug-likeness (QED) is 0.180. The van der Waals surface area contributed by atoms with Crippen LogP contribution in [0.4, 0.5) is 11.7 Å². The van der Waals surface area contributed by atoms with Crippen LogP contribution in [0.3, 0.4) is 0 Å². The largest absolute Gasteiger partial charge is 0.388 e. The third kappa shape index (κ3) is 7.66. The van der Waals surface area contributed by atoms with Gasteiger partial charge < -0.3 is 20.0 Å². The fourth-order valence-corrected chi connectivity index (χ4v) is 4.94. The summed E-state index contributed by atoms with van der Waals surface area (Å²) in [6.45, 7) is 2.62. The van der Waals surface area contributed by atoms with Gasteiger partial charge in [-0.1, -0.05) is 84.9 Å². The minimum Gasteiger partial charge on any atom is -0.388 e. The van der Waals surface area contributed by atoms with Gasteiger partial charge in [-0.15, -0.1) is 0 Å². The number of aryl methyl sites for hydroxylation is 2. The van der Waals surface area contributed by atoms with E-state index in [4.69, 9.17) is 4.42 Å². The molecule has 0 fully saturated rings. The van der Waals surface area contributed by atoms with E-state index in [9.17, 15) is 14.4 Å². The summed E-state index contributed by atoms with van der Waals surface area (Å²) in [5.41, 5.74) is 5.06. The first kappa shape index (κ1) is 30.0. The number of hydrogen-bond acceptors (Lipinski definition) is 6. The van der Waals surface area contributed by atoms with Crippen LogP contribution in [0.2, 0.25) is 0 Å². The van der Waals surface area contributed by atoms with Gasteiger partial charge in [-0.05, 0) is 59.4 Å². The summed E-state index contributed by atoms with van der Waals surface area (Å²) in [7, 11) is 1.80. The first-order valence-electron chi connectivity index (χ1n) is 14.4. The van der Waals surface area contributed by atoms with Crippen LogP contribution in [-0.2, 0) is 29.1 Å². The van der Waals surface area contributed by atoms with Crippen molar-refractivity contribution in [2.24, 2.45) is 0 Å². The third-order valence-electron chi connectivity index (χ3n) is 7.41. The van der Waals surface area contributed by atoms with E-state index in [1.54, 1.807) is 24.1 Å². The Morgan fingerprint density at radius 2 is 1.59 bits per heavy atom. The number of amides is 2. The van der Waals surface area contributed by atoms with Crippen LogP contribution in [0, 0.1) is 6.92 Å². The Bertz CT molecular complexity index is 1850. The van der Waals surface area contributed by atoms with Gasteiger partial charge in [0.1, 0.15) is 0 Å². The van der Waals surface area contributed by atoms with Crippen LogP contribution >= 0.6 is 0 Å². The van der Waals surface area contributed by atoms with Crippen LogP contribution in [0.1, 0.15) is 34.2 Å². The number of carbonyl (C=O) groups excluding carboxylic acids is 2. The number of nitrogens with one attached hydrogen (secondary N) is 2. The molecule has 0 aliphatic carbocycles. The summed E-state index contributed by atoms with van der Waals surface area (Å²) >= 11 is 0. The van der Waals surface area contributed by atoms with Crippen molar-refractivity contribution in [2.75, 3.05) is 12.4 Å². The van der Waals surface area contributed by atoms with Gasteiger partial charge >= 0.3 is 11.6 Å². The maximum absolute atomic E-state index is 13.1. The minimum atomic E-state index is -0.526. The number of aromatic nitrogens is 1. The maximum atomic E-state index is 13.1. The van der Waals surface area contributed by atoms with Crippen molar-refractivity contribution in [3.8, 4) is 0 Å². The molecule has 0 atom stereocenters. The van der Waals surface area contributed by atoms with Gasteiger partial charge in [0.15, 0.2) is 0 Å². The van der Waals surface area contributed by atoms with Crippen molar-refractivity contribution >= 4 is 40.5 Å². The highest BCUT2D eigenvalue weighted by atomic mass is 16.4. The lowest BCUT2D eigenvalue weighted by Gasteiger charge is -2.18. The molecule has 0 saturated heterocycles. The standard InChI is InChI=1S/C36H34N4O4/c1-25-29(23-37-32(41)21-17-26-11-5-3-6-12-26)18-20-31-34(25)35(43)44-36(39-31)38-30-16-10-9-15-28(30)19-22-33(42)40(2)24-27-13-7-4-8-14-27/h3-18,20-21H,19,22-24H2,1-2H3,(H,37,41)(H,38,39). The molecule has 8 heteroatoms. The summed E-state index contributed by atoms with van der Waals surface area (Å²) < 4.78 is 5.58. The highest BCUT2D eigenvalue weighted by Gasteiger charge is 2.15. The van der Waals surface area contributed by atoms with E-state index in [-0.39, 0.29) is 24.4 Å². The first-order chi connectivity index (χ1) is 21.4. The van der Waals surface area contributed by atoms with Crippen LogP contribution in [0.5, 0.6) is 0 Å². The number of rotatable bonds is 11. The molecule has 2 amide bonds. The minimum absolute atomic E-state index is 0.0358. The lowest BCUT2D eigenvalue weighted by Crippen LogP contribution is -2.26. The summed E-state index contributed by atoms with van der Waals surface area (Å²) in [5, 5.41) is 6.36. The molecule has 0 aliphatic heterocycles. The van der Waals surface area contributed by atoms with Gasteiger partial charge in [-0.3, -0.25) is 9.59 Å². The van der Waals surface area contributed by atoms with E-state index < -0.39 is 5.63 Å². The number of nitrogens with zero attached hydrogens (tertiary/aromatic N) is 2. The van der Waals surface area contributed by atoms with Crippen molar-refractivity contribution < 1.29 is 14.0 Å². The van der Waals surface area contributed by atoms with Crippen molar-refractivity contribution in [3.05, 3.63) is 141 Å². The van der Waals surface area contributed by atoms with E-state index in [0.29, 0.717) is 41.5 Å². The molecule has 1 aromatic heterocycles. The molecule has 0 radical (unpaired) electrons. The number of carbonyl (C=O) groups is 2. The Morgan fingerprint density at radius 1 is 0.886 bits per heavy atom. The molecule has 8 nitrogen and oxygen atoms in total. The van der Waals surface area contributed by atoms with Crippen LogP contribution in [0.15, 0.2) is 112 Å². The van der Waals surface area contributed by atoms with Gasteiger partial charge in [0.2, 0.25) is 11.8 Å². The topological polar surface area (TPSA) is 105 Å². The molecule has 5 rings (SSSR count). The smallest absolute Gasteiger partial charge is 0.348 e. The SMILES string of the molecule is Cc1c(CNC(=O)C=Cc2ccccc2)ccc2nc(Nc3ccccc3CCC(=O)N(C)Cc3ccccc3)oc(=O)c12. The number of fused-ring (bicyclic) bond motifs is 1. The summed E-state index contributed by atoms with van der Waals surface area (Å²) in [5.74, 6) is -0.199. The normalized spacial score (nSPS) is 11.0. The Morgan fingerprint density at radius 3 is 2.36 bits per heavy atom. The van der Waals surface area contributed by atoms with Gasteiger partial charge in [0.25, 0.3) is 0 Å². The monoisotopic (exact) mass is 586 g/mol. The number of anilines is 2. The summed E-state index contributed by atoms with van der Waals surface area (Å²) in [4.78, 5) is 44.5. The molecule has 0 spiro atoms. The molecule has 5 aromatic rings. The average Bonchev–Trinajstić information content (AvgIpc) is 3.03. The van der Waals surface area contributed by atoms with Crippen molar-refractivity contribution in [1.29, 1.82) is 0 Å². The second-order valence-electron chi connectivity index (χ2n) is 10.5. The second kappa shape index (κ2) is 14.1. The van der Waals surface area contributed by atoms with Crippen molar-refractivity contribution in [1.82, 2.24) is 15.2 Å². The van der Waals surface area contributed by atoms with E-state index >= 15 is 0 Å². The fourth-order valence-electron chi connectivity index (χ4n) is 4.94. The predicted octanol–water partition coefficient (Wildman–Crippen LogP) is 6.16. The zero-order chi connectivity index (χ0) is 30.9. The highest BCUT2D eigenvalue weighted by Crippen LogP contribution is 2.24. The Kier molecular flexibility index (Phi) is 9.61. The molecule has 44 heavy (non-hydrogen) atoms. The average molecular weight is 587 g/mol. The van der Waals surface area contributed by atoms with Crippen LogP contribution in [0.25, 0.3) is 17.0 Å². The number of hydrogen-bond donors (Lipinski definition) is 2. The van der Waals surface area contributed by atoms with E-state index in [1.165, 1.54) is 6.08 Å². The zero-order valence-corrected chi connectivity index (χ0v) is 24.7. The molecule has 2 N–H and O–H groups in total. The van der Waals surface area contributed by atoms with E-state index in [2.05, 4.69) is 15.6 Å². The fraction of sp³-hybridized carbons (Fsp3) is 0.167. The summed E-state index contributed by atoms with van der Waals surface area (Å²) in [6, 6.07) is 30.7. The van der Waals surface area contributed by atoms with Gasteiger partial charge in [-0.25, -0.2) is 4.79 Å². The van der Waals surface area contributed by atoms with Crippen LogP contribution < -0.4 is 16.3 Å². The van der Waals surface area contributed by atoms with Gasteiger partial charge in [-0.2, -0.15) is 4.98 Å². The van der Waals surface area contributed by atoms with E-state index in [0.717, 1.165) is 22.3 Å². The number of benzene rings is 4. The molecule has 0 unspecified atom stereocenters. The molecule has 0 bridgehead atoms. The van der Waals surface area contributed by atoms with Crippen molar-refractivity contribution in [2.45, 2.75) is 32.9 Å². The lowest BCUT2D eigenvalue weighted by atomic mass is 10.0.